The van der Waals surface area contributed by atoms with E-state index >= 15 is 0 Å². The standard InChI is InChI=1S/C16H22ClFN2O4S/c1-20(2)16(6-4-3-5-7-16)10-19-25(23,24)14-8-11(15(21)22)12(17)9-13(14)18/h8-9,19H,3-7,10H2,1-2H3,(H,21,22). The summed E-state index contributed by atoms with van der Waals surface area (Å²) < 4.78 is 41.6. The lowest BCUT2D eigenvalue weighted by Crippen LogP contribution is -2.53. The number of halogens is 2. The van der Waals surface area contributed by atoms with E-state index in [0.29, 0.717) is 6.07 Å². The Morgan fingerprint density at radius 3 is 2.44 bits per heavy atom. The van der Waals surface area contributed by atoms with Crippen molar-refractivity contribution >= 4 is 27.6 Å². The fourth-order valence-corrected chi connectivity index (χ4v) is 4.63. The Labute approximate surface area is 152 Å². The van der Waals surface area contributed by atoms with Crippen molar-refractivity contribution in [3.63, 3.8) is 0 Å². The lowest BCUT2D eigenvalue weighted by molar-refractivity contribution is 0.0696. The number of nitrogens with one attached hydrogen (secondary N) is 1. The lowest BCUT2D eigenvalue weighted by atomic mass is 9.81. The summed E-state index contributed by atoms with van der Waals surface area (Å²) in [5.74, 6) is -2.50. The van der Waals surface area contributed by atoms with Crippen molar-refractivity contribution in [1.29, 1.82) is 0 Å². The highest BCUT2D eigenvalue weighted by atomic mass is 35.5. The van der Waals surface area contributed by atoms with E-state index < -0.39 is 32.3 Å². The van der Waals surface area contributed by atoms with Crippen molar-refractivity contribution < 1.29 is 22.7 Å². The van der Waals surface area contributed by atoms with Gasteiger partial charge in [0.2, 0.25) is 10.0 Å². The molecule has 2 N–H and O–H groups in total. The van der Waals surface area contributed by atoms with Crippen molar-refractivity contribution in [3.05, 3.63) is 28.5 Å². The molecule has 25 heavy (non-hydrogen) atoms. The van der Waals surface area contributed by atoms with Crippen LogP contribution in [-0.2, 0) is 10.0 Å². The zero-order valence-electron chi connectivity index (χ0n) is 14.2. The molecule has 1 aromatic rings. The summed E-state index contributed by atoms with van der Waals surface area (Å²) in [7, 11) is -0.421. The Hall–Kier alpha value is -1.22. The molecule has 1 saturated carbocycles. The van der Waals surface area contributed by atoms with Gasteiger partial charge in [0.1, 0.15) is 10.7 Å². The summed E-state index contributed by atoms with van der Waals surface area (Å²) in [6.07, 6.45) is 4.78. The van der Waals surface area contributed by atoms with E-state index in [0.717, 1.165) is 38.2 Å². The fraction of sp³-hybridized carbons (Fsp3) is 0.562. The molecule has 0 radical (unpaired) electrons. The molecule has 0 atom stereocenters. The molecule has 2 rings (SSSR count). The maximum absolute atomic E-state index is 14.1. The van der Waals surface area contributed by atoms with Gasteiger partial charge in [0.15, 0.2) is 0 Å². The Morgan fingerprint density at radius 1 is 1.32 bits per heavy atom. The van der Waals surface area contributed by atoms with Gasteiger partial charge >= 0.3 is 5.97 Å². The molecule has 1 fully saturated rings. The lowest BCUT2D eigenvalue weighted by Gasteiger charge is -2.43. The average Bonchev–Trinajstić information content (AvgIpc) is 2.53. The van der Waals surface area contributed by atoms with Gasteiger partial charge in [-0.2, -0.15) is 0 Å². The predicted molar refractivity (Wildman–Crippen MR) is 93.1 cm³/mol. The van der Waals surface area contributed by atoms with E-state index in [1.807, 2.05) is 19.0 Å². The van der Waals surface area contributed by atoms with Crippen LogP contribution in [0, 0.1) is 5.82 Å². The summed E-state index contributed by atoms with van der Waals surface area (Å²) in [5, 5.41) is 8.72. The minimum atomic E-state index is -4.21. The normalized spacial score (nSPS) is 17.6. The summed E-state index contributed by atoms with van der Waals surface area (Å²) >= 11 is 5.67. The smallest absolute Gasteiger partial charge is 0.337 e. The van der Waals surface area contributed by atoms with E-state index in [-0.39, 0.29) is 17.1 Å². The van der Waals surface area contributed by atoms with Gasteiger partial charge in [0, 0.05) is 12.1 Å². The number of carboxylic acids is 1. The van der Waals surface area contributed by atoms with Crippen LogP contribution >= 0.6 is 11.6 Å². The third kappa shape index (κ3) is 4.31. The van der Waals surface area contributed by atoms with Crippen LogP contribution in [0.5, 0.6) is 0 Å². The molecule has 0 aliphatic heterocycles. The number of aromatic carboxylic acids is 1. The maximum atomic E-state index is 14.1. The quantitative estimate of drug-likeness (QED) is 0.777. The molecule has 0 bridgehead atoms. The minimum Gasteiger partial charge on any atom is -0.478 e. The number of nitrogens with zero attached hydrogens (tertiary/aromatic N) is 1. The van der Waals surface area contributed by atoms with Crippen LogP contribution < -0.4 is 4.72 Å². The van der Waals surface area contributed by atoms with Gasteiger partial charge in [-0.15, -0.1) is 0 Å². The number of hydrogen-bond acceptors (Lipinski definition) is 4. The van der Waals surface area contributed by atoms with Gasteiger partial charge in [-0.3, -0.25) is 0 Å². The van der Waals surface area contributed by atoms with Crippen molar-refractivity contribution in [2.24, 2.45) is 0 Å². The molecule has 1 aromatic carbocycles. The Balaban J connectivity index is 2.30. The minimum absolute atomic E-state index is 0.132. The van der Waals surface area contributed by atoms with Crippen LogP contribution in [0.15, 0.2) is 17.0 Å². The molecular formula is C16H22ClFN2O4S. The van der Waals surface area contributed by atoms with Crippen LogP contribution in [0.2, 0.25) is 5.02 Å². The van der Waals surface area contributed by atoms with Gasteiger partial charge in [0.25, 0.3) is 0 Å². The number of likely N-dealkylation sites (N-methyl/N-ethyl adjacent to an activating group) is 1. The molecule has 1 aliphatic rings. The molecule has 6 nitrogen and oxygen atoms in total. The number of sulfonamides is 1. The van der Waals surface area contributed by atoms with Crippen molar-refractivity contribution in [2.75, 3.05) is 20.6 Å². The van der Waals surface area contributed by atoms with E-state index in [1.165, 1.54) is 0 Å². The van der Waals surface area contributed by atoms with Crippen LogP contribution in [0.25, 0.3) is 0 Å². The first-order valence-electron chi connectivity index (χ1n) is 7.98. The van der Waals surface area contributed by atoms with Gasteiger partial charge < -0.3 is 10.0 Å². The first-order chi connectivity index (χ1) is 11.6. The first kappa shape index (κ1) is 20.1. The highest BCUT2D eigenvalue weighted by Crippen LogP contribution is 2.32. The number of carboxylic acid groups (broad SMARTS) is 1. The monoisotopic (exact) mass is 392 g/mol. The summed E-state index contributed by atoms with van der Waals surface area (Å²) in [6, 6.07) is 1.47. The molecule has 0 aromatic heterocycles. The molecule has 0 heterocycles. The van der Waals surface area contributed by atoms with E-state index in [1.54, 1.807) is 0 Å². The predicted octanol–water partition coefficient (Wildman–Crippen LogP) is 2.72. The van der Waals surface area contributed by atoms with E-state index in [4.69, 9.17) is 16.7 Å². The van der Waals surface area contributed by atoms with Crippen molar-refractivity contribution in [2.45, 2.75) is 42.5 Å². The SMILES string of the molecule is CN(C)C1(CNS(=O)(=O)c2cc(C(=O)O)c(Cl)cc2F)CCCCC1. The van der Waals surface area contributed by atoms with E-state index in [2.05, 4.69) is 4.72 Å². The molecule has 0 saturated heterocycles. The number of carbonyl (C=O) groups is 1. The zero-order valence-corrected chi connectivity index (χ0v) is 15.8. The molecule has 9 heteroatoms. The van der Waals surface area contributed by atoms with Crippen LogP contribution in [0.1, 0.15) is 42.5 Å². The second-order valence-electron chi connectivity index (χ2n) is 6.57. The average molecular weight is 393 g/mol. The number of rotatable bonds is 6. The Morgan fingerprint density at radius 2 is 1.92 bits per heavy atom. The summed E-state index contributed by atoms with van der Waals surface area (Å²) in [5.41, 5.74) is -0.785. The fourth-order valence-electron chi connectivity index (χ4n) is 3.20. The van der Waals surface area contributed by atoms with Crippen LogP contribution in [0.4, 0.5) is 4.39 Å². The third-order valence-corrected chi connectivity index (χ3v) is 6.59. The molecule has 0 spiro atoms. The summed E-state index contributed by atoms with van der Waals surface area (Å²) in [6.45, 7) is 0.132. The molecule has 140 valence electrons. The van der Waals surface area contributed by atoms with Crippen molar-refractivity contribution in [1.82, 2.24) is 9.62 Å². The number of hydrogen-bond donors (Lipinski definition) is 2. The van der Waals surface area contributed by atoms with E-state index in [9.17, 15) is 17.6 Å². The molecule has 0 unspecified atom stereocenters. The zero-order chi connectivity index (χ0) is 18.8. The van der Waals surface area contributed by atoms with Crippen LogP contribution in [0.3, 0.4) is 0 Å². The summed E-state index contributed by atoms with van der Waals surface area (Å²) in [4.78, 5) is 12.4. The molecule has 1 aliphatic carbocycles. The topological polar surface area (TPSA) is 86.7 Å². The third-order valence-electron chi connectivity index (χ3n) is 4.87. The molecular weight excluding hydrogens is 371 g/mol. The van der Waals surface area contributed by atoms with Crippen molar-refractivity contribution in [3.8, 4) is 0 Å². The highest BCUT2D eigenvalue weighted by molar-refractivity contribution is 7.89. The van der Waals surface area contributed by atoms with Gasteiger partial charge in [-0.1, -0.05) is 30.9 Å². The number of benzene rings is 1. The highest BCUT2D eigenvalue weighted by Gasteiger charge is 2.36. The Kier molecular flexibility index (Phi) is 6.09. The Bertz CT molecular complexity index is 762. The molecule has 0 amide bonds. The van der Waals surface area contributed by atoms with Gasteiger partial charge in [-0.25, -0.2) is 22.3 Å². The van der Waals surface area contributed by atoms with Gasteiger partial charge in [0.05, 0.1) is 10.6 Å². The van der Waals surface area contributed by atoms with Gasteiger partial charge in [-0.05, 0) is 39.1 Å². The maximum Gasteiger partial charge on any atom is 0.337 e. The second-order valence-corrected chi connectivity index (χ2v) is 8.71. The van der Waals surface area contributed by atoms with Crippen LogP contribution in [-0.4, -0.2) is 50.6 Å². The first-order valence-corrected chi connectivity index (χ1v) is 9.85. The second kappa shape index (κ2) is 7.57. The largest absolute Gasteiger partial charge is 0.478 e.